The normalized spacial score (nSPS) is 15.5. The summed E-state index contributed by atoms with van der Waals surface area (Å²) in [5.41, 5.74) is 4.53. The Labute approximate surface area is 489 Å². The Kier molecular flexibility index (Phi) is 21.0. The average molecular weight is 1250 g/mol. The number of aromatic nitrogens is 6. The summed E-state index contributed by atoms with van der Waals surface area (Å²) < 4.78 is 43.8. The van der Waals surface area contributed by atoms with Crippen molar-refractivity contribution < 1.29 is 37.4 Å². The first-order chi connectivity index (χ1) is 38.4. The lowest BCUT2D eigenvalue weighted by Gasteiger charge is -2.30. The predicted octanol–water partition coefficient (Wildman–Crippen LogP) is 11.1. The number of likely N-dealkylation sites (N-methyl/N-ethyl adjacent to an activating group) is 4. The van der Waals surface area contributed by atoms with Crippen LogP contribution in [0.3, 0.4) is 0 Å². The highest BCUT2D eigenvalue weighted by Gasteiger charge is 2.39. The summed E-state index contributed by atoms with van der Waals surface area (Å²) in [5, 5.41) is 19.4. The van der Waals surface area contributed by atoms with Crippen LogP contribution in [-0.2, 0) is 27.4 Å². The fourth-order valence-corrected chi connectivity index (χ4v) is 10.3. The maximum absolute atomic E-state index is 15.1. The number of fused-ring (bicyclic) bond motifs is 2. The van der Waals surface area contributed by atoms with Gasteiger partial charge in [-0.25, -0.2) is 23.4 Å². The Balaban J connectivity index is 0.000000188. The molecular formula is C59H74Br2F2N12O6. The van der Waals surface area contributed by atoms with Gasteiger partial charge in [0, 0.05) is 103 Å². The molecule has 81 heavy (non-hydrogen) atoms. The Morgan fingerprint density at radius 2 is 1.16 bits per heavy atom. The van der Waals surface area contributed by atoms with Crippen LogP contribution in [0.15, 0.2) is 100 Å². The second kappa shape index (κ2) is 27.5. The van der Waals surface area contributed by atoms with E-state index in [1.54, 1.807) is 41.4 Å². The topological polar surface area (TPSA) is 190 Å². The zero-order valence-electron chi connectivity index (χ0n) is 47.8. The van der Waals surface area contributed by atoms with Crippen LogP contribution in [0.2, 0.25) is 0 Å². The van der Waals surface area contributed by atoms with E-state index in [0.717, 1.165) is 67.8 Å². The largest absolute Gasteiger partial charge is 0.444 e. The number of aromatic amines is 2. The molecule has 0 bridgehead atoms. The third-order valence-corrected chi connectivity index (χ3v) is 14.5. The molecule has 3 aromatic heterocycles. The molecule has 0 saturated carbocycles. The molecule has 2 saturated heterocycles. The van der Waals surface area contributed by atoms with Crippen LogP contribution in [-0.4, -0.2) is 169 Å². The monoisotopic (exact) mass is 1240 g/mol. The second-order valence-corrected chi connectivity index (χ2v) is 24.3. The van der Waals surface area contributed by atoms with Crippen LogP contribution in [0, 0.1) is 11.6 Å². The number of carbonyl (C=O) groups is 4. The Morgan fingerprint density at radius 1 is 0.679 bits per heavy atom. The van der Waals surface area contributed by atoms with Gasteiger partial charge in [0.2, 0.25) is 5.91 Å². The number of hydrogen-bond acceptors (Lipinski definition) is 12. The second-order valence-electron chi connectivity index (χ2n) is 22.5. The van der Waals surface area contributed by atoms with Gasteiger partial charge in [-0.15, -0.1) is 0 Å². The van der Waals surface area contributed by atoms with E-state index in [1.165, 1.54) is 21.9 Å². The van der Waals surface area contributed by atoms with Crippen LogP contribution in [0.25, 0.3) is 44.3 Å². The summed E-state index contributed by atoms with van der Waals surface area (Å²) in [5.74, 6) is -0.801. The molecule has 5 heterocycles. The minimum absolute atomic E-state index is 0.0876. The summed E-state index contributed by atoms with van der Waals surface area (Å²) in [7, 11) is 7.64. The van der Waals surface area contributed by atoms with Crippen molar-refractivity contribution in [3.63, 3.8) is 0 Å². The van der Waals surface area contributed by atoms with Crippen molar-refractivity contribution in [2.45, 2.75) is 104 Å². The van der Waals surface area contributed by atoms with Crippen molar-refractivity contribution in [2.75, 3.05) is 67.5 Å². The molecule has 0 aliphatic carbocycles. The van der Waals surface area contributed by atoms with Gasteiger partial charge in [-0.1, -0.05) is 44.0 Å². The highest BCUT2D eigenvalue weighted by molar-refractivity contribution is 9.10. The van der Waals surface area contributed by atoms with Gasteiger partial charge in [-0.05, 0) is 160 Å². The zero-order valence-corrected chi connectivity index (χ0v) is 51.0. The summed E-state index contributed by atoms with van der Waals surface area (Å²) >= 11 is 6.87. The molecule has 7 aromatic rings. The third kappa shape index (κ3) is 16.8. The van der Waals surface area contributed by atoms with Gasteiger partial charge in [0.15, 0.2) is 0 Å². The summed E-state index contributed by atoms with van der Waals surface area (Å²) in [6.07, 6.45) is 6.60. The number of benzene rings is 4. The molecule has 2 unspecified atom stereocenters. The number of halogens is 4. The summed E-state index contributed by atoms with van der Waals surface area (Å²) in [6.45, 7) is 16.1. The smallest absolute Gasteiger partial charge is 0.410 e. The van der Waals surface area contributed by atoms with E-state index in [1.807, 2.05) is 122 Å². The number of H-pyrrole nitrogens is 2. The SMILES string of the molecule is CC(C)(C)OC(=O)N1CCCC1C(=O)n1ccnc1.CN(CCN(C)C(=O)C1CCCN1C(=O)OC(C)(C)C)Cc1ccc(-c2n[nH]c3cc(Br)ccc23)c(F)c1.CNCCN(C)Cc1ccc(-c2n[nH]c3cc(Br)ccc23)c(F)c1. The van der Waals surface area contributed by atoms with E-state index >= 15 is 4.39 Å². The van der Waals surface area contributed by atoms with Crippen molar-refractivity contribution in [1.82, 2.24) is 59.8 Å². The molecule has 0 spiro atoms. The number of nitrogens with zero attached hydrogens (tertiary/aromatic N) is 9. The maximum atomic E-state index is 15.1. The molecule has 18 nitrogen and oxygen atoms in total. The molecular weight excluding hydrogens is 1170 g/mol. The lowest BCUT2D eigenvalue weighted by Crippen LogP contribution is -2.49. The standard InChI is InChI=1S/C28H35BrFN5O3.C18H20BrFN4.C13H19N3O3/c1-28(2,3)38-27(37)35-12-6-7-24(35)26(36)34(5)14-13-33(4)17-18-8-10-20(22(30)15-18)25-21-11-9-19(29)16-23(21)31-32-25;1-21-7-8-24(2)11-12-3-5-14(16(20)9-12)18-15-6-4-13(19)10-17(15)22-23-18;1-13(2,3)19-12(18)16-7-4-5-10(16)11(17)15-8-6-14-9-15/h8-11,15-16,24H,6-7,12-14,17H2,1-5H3,(H,31,32);3-6,9-10,21H,7-8,11H2,1-2H3,(H,22,23);6,8-10H,4-5,7H2,1-3H3. The quantitative estimate of drug-likeness (QED) is 0.0936. The maximum Gasteiger partial charge on any atom is 0.410 e. The third-order valence-electron chi connectivity index (χ3n) is 13.6. The number of likely N-dealkylation sites (tertiary alicyclic amines) is 2. The number of hydrogen-bond donors (Lipinski definition) is 3. The lowest BCUT2D eigenvalue weighted by molar-refractivity contribution is -0.134. The molecule has 9 rings (SSSR count). The van der Waals surface area contributed by atoms with Crippen LogP contribution < -0.4 is 5.32 Å². The molecule has 434 valence electrons. The first kappa shape index (κ1) is 62.0. The molecule has 2 aliphatic heterocycles. The molecule has 4 aromatic carbocycles. The van der Waals surface area contributed by atoms with Gasteiger partial charge >= 0.3 is 12.2 Å². The molecule has 0 radical (unpaired) electrons. The van der Waals surface area contributed by atoms with E-state index in [9.17, 15) is 23.6 Å². The highest BCUT2D eigenvalue weighted by atomic mass is 79.9. The fraction of sp³-hybridized carbons (Fsp3) is 0.441. The highest BCUT2D eigenvalue weighted by Crippen LogP contribution is 2.33. The van der Waals surface area contributed by atoms with Crippen molar-refractivity contribution in [3.8, 4) is 22.5 Å². The van der Waals surface area contributed by atoms with Gasteiger partial charge in [0.05, 0.1) is 11.0 Å². The fourth-order valence-electron chi connectivity index (χ4n) is 9.55. The number of imidazole rings is 1. The van der Waals surface area contributed by atoms with E-state index in [0.29, 0.717) is 74.6 Å². The number of carbonyl (C=O) groups excluding carboxylic acids is 4. The minimum Gasteiger partial charge on any atom is -0.444 e. The van der Waals surface area contributed by atoms with Crippen molar-refractivity contribution >= 4 is 77.7 Å². The molecule has 22 heteroatoms. The average Bonchev–Trinajstić information content (AvgIpc) is 4.46. The first-order valence-electron chi connectivity index (χ1n) is 27.0. The van der Waals surface area contributed by atoms with E-state index in [2.05, 4.69) is 67.5 Å². The van der Waals surface area contributed by atoms with Crippen molar-refractivity contribution in [1.29, 1.82) is 0 Å². The van der Waals surface area contributed by atoms with Crippen LogP contribution >= 0.6 is 31.9 Å². The molecule has 2 atom stereocenters. The van der Waals surface area contributed by atoms with Gasteiger partial charge in [0.1, 0.15) is 52.6 Å². The Morgan fingerprint density at radius 3 is 1.62 bits per heavy atom. The first-order valence-corrected chi connectivity index (χ1v) is 28.6. The molecule has 3 amide bonds. The van der Waals surface area contributed by atoms with E-state index < -0.39 is 35.5 Å². The summed E-state index contributed by atoms with van der Waals surface area (Å²) in [6, 6.07) is 21.2. The van der Waals surface area contributed by atoms with Crippen LogP contribution in [0.4, 0.5) is 18.4 Å². The van der Waals surface area contributed by atoms with Crippen molar-refractivity contribution in [2.24, 2.45) is 0 Å². The van der Waals surface area contributed by atoms with Gasteiger partial charge in [0.25, 0.3) is 5.91 Å². The Hall–Kier alpha value is -6.59. The zero-order chi connectivity index (χ0) is 58.8. The van der Waals surface area contributed by atoms with Gasteiger partial charge in [-0.2, -0.15) is 10.2 Å². The number of rotatable bonds is 14. The number of amides is 3. The van der Waals surface area contributed by atoms with E-state index in [4.69, 9.17) is 9.47 Å². The number of nitrogens with one attached hydrogen (secondary N) is 3. The van der Waals surface area contributed by atoms with Crippen LogP contribution in [0.5, 0.6) is 0 Å². The Bertz CT molecular complexity index is 3290. The van der Waals surface area contributed by atoms with Gasteiger partial charge in [-0.3, -0.25) is 34.2 Å². The van der Waals surface area contributed by atoms with Crippen molar-refractivity contribution in [3.05, 3.63) is 123 Å². The summed E-state index contributed by atoms with van der Waals surface area (Å²) in [4.78, 5) is 62.8. The van der Waals surface area contributed by atoms with E-state index in [-0.39, 0.29) is 23.4 Å². The number of ether oxygens (including phenoxy) is 2. The molecule has 3 N–H and O–H groups in total. The molecule has 2 fully saturated rings. The van der Waals surface area contributed by atoms with Crippen LogP contribution in [0.1, 0.15) is 83.1 Å². The predicted molar refractivity (Wildman–Crippen MR) is 317 cm³/mol. The van der Waals surface area contributed by atoms with Gasteiger partial charge < -0.3 is 29.5 Å². The molecule has 2 aliphatic rings. The minimum atomic E-state index is -0.608. The lowest BCUT2D eigenvalue weighted by atomic mass is 10.0.